The van der Waals surface area contributed by atoms with Crippen LogP contribution in [0.15, 0.2) is 11.2 Å². The zero-order chi connectivity index (χ0) is 14.6. The Kier molecular flexibility index (Phi) is 5.20. The maximum absolute atomic E-state index is 12.0. The Morgan fingerprint density at radius 2 is 2.26 bits per heavy atom. The van der Waals surface area contributed by atoms with Crippen molar-refractivity contribution in [3.05, 3.63) is 11.8 Å². The smallest absolute Gasteiger partial charge is 0.340 e. The van der Waals surface area contributed by atoms with Crippen LogP contribution in [0, 0.1) is 0 Å². The summed E-state index contributed by atoms with van der Waals surface area (Å²) in [5.74, 6) is -1.02. The first-order valence-corrected chi connectivity index (χ1v) is 8.54. The van der Waals surface area contributed by atoms with Crippen LogP contribution in [0.5, 0.6) is 0 Å². The molecule has 2 unspecified atom stereocenters. The summed E-state index contributed by atoms with van der Waals surface area (Å²) in [5.41, 5.74) is -0.418. The molecule has 1 aromatic rings. The van der Waals surface area contributed by atoms with Crippen molar-refractivity contribution in [2.45, 2.75) is 24.4 Å². The molecular weight excluding hydrogens is 294 g/mol. The Morgan fingerprint density at radius 1 is 1.63 bits per heavy atom. The minimum atomic E-state index is -3.99. The number of carboxylic acid groups (broad SMARTS) is 1. The lowest BCUT2D eigenvalue weighted by Crippen LogP contribution is -2.34. The summed E-state index contributed by atoms with van der Waals surface area (Å²) in [7, 11) is -5.00. The first kappa shape index (κ1) is 15.8. The maximum Gasteiger partial charge on any atom is 0.340 e. The van der Waals surface area contributed by atoms with Crippen LogP contribution in [0.4, 0.5) is 0 Å². The van der Waals surface area contributed by atoms with Crippen LogP contribution in [0.1, 0.15) is 23.7 Å². The van der Waals surface area contributed by atoms with Crippen LogP contribution in [-0.4, -0.2) is 52.0 Å². The fraction of sp³-hybridized carbons (Fsp3) is 0.556. The highest BCUT2D eigenvalue weighted by Crippen LogP contribution is 2.12. The van der Waals surface area contributed by atoms with Gasteiger partial charge in [-0.15, -0.1) is 0 Å². The summed E-state index contributed by atoms with van der Waals surface area (Å²) in [6.07, 6.45) is 2.85. The van der Waals surface area contributed by atoms with Crippen molar-refractivity contribution in [2.75, 3.05) is 12.0 Å². The highest BCUT2D eigenvalue weighted by Gasteiger charge is 2.26. The van der Waals surface area contributed by atoms with E-state index in [2.05, 4.69) is 14.9 Å². The number of hydrogen-bond acceptors (Lipinski definition) is 5. The highest BCUT2D eigenvalue weighted by molar-refractivity contribution is 7.89. The molecule has 8 nitrogen and oxygen atoms in total. The Morgan fingerprint density at radius 3 is 2.79 bits per heavy atom. The zero-order valence-electron chi connectivity index (χ0n) is 10.4. The van der Waals surface area contributed by atoms with Gasteiger partial charge < -0.3 is 5.11 Å². The predicted molar refractivity (Wildman–Crippen MR) is 68.9 cm³/mol. The van der Waals surface area contributed by atoms with Gasteiger partial charge in [-0.3, -0.25) is 9.31 Å². The minimum Gasteiger partial charge on any atom is -0.478 e. The second-order valence-electron chi connectivity index (χ2n) is 4.01. The van der Waals surface area contributed by atoms with E-state index in [-0.39, 0.29) is 0 Å². The van der Waals surface area contributed by atoms with Crippen LogP contribution in [0.3, 0.4) is 0 Å². The third-order valence-electron chi connectivity index (χ3n) is 2.30. The molecule has 3 N–H and O–H groups in total. The average Bonchev–Trinajstić information content (AvgIpc) is 2.75. The second-order valence-corrected chi connectivity index (χ2v) is 7.21. The first-order valence-electron chi connectivity index (χ1n) is 5.33. The summed E-state index contributed by atoms with van der Waals surface area (Å²) < 4.78 is 37.1. The number of nitrogens with one attached hydrogen (secondary N) is 2. The largest absolute Gasteiger partial charge is 0.478 e. The number of H-pyrrole nitrogens is 1. The molecule has 0 aliphatic carbocycles. The van der Waals surface area contributed by atoms with Crippen molar-refractivity contribution in [1.82, 2.24) is 14.9 Å². The van der Waals surface area contributed by atoms with Gasteiger partial charge in [0.1, 0.15) is 5.56 Å². The molecule has 0 aliphatic rings. The predicted octanol–water partition coefficient (Wildman–Crippen LogP) is -0.457. The molecule has 1 heterocycles. The lowest BCUT2D eigenvalue weighted by atomic mass is 10.3. The number of nitrogens with zero attached hydrogens (tertiary/aromatic N) is 1. The number of sulfonamides is 1. The number of aromatic carboxylic acids is 1. The topological polar surface area (TPSA) is 129 Å². The van der Waals surface area contributed by atoms with Crippen LogP contribution in [0.25, 0.3) is 0 Å². The van der Waals surface area contributed by atoms with E-state index in [0.717, 1.165) is 6.20 Å². The number of aromatic amines is 1. The Hall–Kier alpha value is -1.26. The molecule has 19 heavy (non-hydrogen) atoms. The molecule has 0 aromatic carbocycles. The summed E-state index contributed by atoms with van der Waals surface area (Å²) in [5, 5.41) is 13.9. The first-order chi connectivity index (χ1) is 8.74. The van der Waals surface area contributed by atoms with E-state index in [4.69, 9.17) is 5.11 Å². The van der Waals surface area contributed by atoms with Crippen molar-refractivity contribution in [3.8, 4) is 0 Å². The normalized spacial score (nSPS) is 15.1. The van der Waals surface area contributed by atoms with Crippen LogP contribution in [0.2, 0.25) is 0 Å². The fourth-order valence-corrected chi connectivity index (χ4v) is 3.41. The van der Waals surface area contributed by atoms with Crippen molar-refractivity contribution < 1.29 is 22.5 Å². The molecule has 0 bridgehead atoms. The molecule has 0 amide bonds. The maximum atomic E-state index is 12.0. The summed E-state index contributed by atoms with van der Waals surface area (Å²) >= 11 is 0. The van der Waals surface area contributed by atoms with Crippen molar-refractivity contribution in [2.24, 2.45) is 0 Å². The van der Waals surface area contributed by atoms with Crippen molar-refractivity contribution >= 4 is 26.8 Å². The summed E-state index contributed by atoms with van der Waals surface area (Å²) in [6.45, 7) is 1.61. The van der Waals surface area contributed by atoms with Gasteiger partial charge in [-0.25, -0.2) is 17.9 Å². The average molecular weight is 309 g/mol. The third kappa shape index (κ3) is 4.40. The van der Waals surface area contributed by atoms with Crippen molar-refractivity contribution in [1.29, 1.82) is 0 Å². The lowest BCUT2D eigenvalue weighted by molar-refractivity contribution is 0.0692. The molecular formula is C9H15N3O5S2. The summed E-state index contributed by atoms with van der Waals surface area (Å²) in [6, 6.07) is -0.459. The van der Waals surface area contributed by atoms with Crippen LogP contribution >= 0.6 is 0 Å². The van der Waals surface area contributed by atoms with Gasteiger partial charge in [-0.1, -0.05) is 0 Å². The Labute approximate surface area is 113 Å². The van der Waals surface area contributed by atoms with Gasteiger partial charge in [-0.2, -0.15) is 5.10 Å². The molecule has 0 radical (unpaired) electrons. The summed E-state index contributed by atoms with van der Waals surface area (Å²) in [4.78, 5) is 10.8. The van der Waals surface area contributed by atoms with E-state index in [1.165, 1.54) is 6.26 Å². The van der Waals surface area contributed by atoms with Gasteiger partial charge in [0.05, 0.1) is 6.20 Å². The number of hydrogen-bond donors (Lipinski definition) is 3. The van der Waals surface area contributed by atoms with E-state index in [0.29, 0.717) is 12.2 Å². The molecule has 0 spiro atoms. The molecule has 10 heteroatoms. The van der Waals surface area contributed by atoms with E-state index < -0.39 is 43.4 Å². The third-order valence-corrected chi connectivity index (χ3v) is 4.67. The van der Waals surface area contributed by atoms with E-state index in [1.807, 2.05) is 0 Å². The second kappa shape index (κ2) is 6.26. The molecule has 0 saturated heterocycles. The zero-order valence-corrected chi connectivity index (χ0v) is 12.0. The highest BCUT2D eigenvalue weighted by atomic mass is 32.2. The fourth-order valence-electron chi connectivity index (χ4n) is 1.36. The number of aromatic nitrogens is 2. The van der Waals surface area contributed by atoms with Gasteiger partial charge >= 0.3 is 5.97 Å². The van der Waals surface area contributed by atoms with E-state index in [1.54, 1.807) is 6.92 Å². The van der Waals surface area contributed by atoms with E-state index in [9.17, 15) is 17.4 Å². The van der Waals surface area contributed by atoms with Crippen LogP contribution < -0.4 is 4.72 Å². The number of carbonyl (C=O) groups is 1. The van der Waals surface area contributed by atoms with Gasteiger partial charge in [0.2, 0.25) is 0 Å². The Bertz CT molecular complexity index is 580. The molecule has 2 atom stereocenters. The van der Waals surface area contributed by atoms with Crippen molar-refractivity contribution in [3.63, 3.8) is 0 Å². The SMILES string of the molecule is CC(CCS(C)=O)NS(=O)(=O)c1[nH]ncc1C(=O)O. The molecule has 1 aromatic heterocycles. The lowest BCUT2D eigenvalue weighted by Gasteiger charge is -2.12. The number of rotatable bonds is 7. The van der Waals surface area contributed by atoms with Gasteiger partial charge in [0.15, 0.2) is 5.03 Å². The Balaban J connectivity index is 2.84. The molecule has 0 saturated carbocycles. The molecule has 0 aliphatic heterocycles. The molecule has 108 valence electrons. The van der Waals surface area contributed by atoms with Gasteiger partial charge in [0, 0.05) is 28.9 Å². The minimum absolute atomic E-state index is 0.360. The van der Waals surface area contributed by atoms with E-state index >= 15 is 0 Å². The quantitative estimate of drug-likeness (QED) is 0.625. The number of carboxylic acids is 1. The van der Waals surface area contributed by atoms with Crippen LogP contribution in [-0.2, 0) is 20.8 Å². The molecule has 1 rings (SSSR count). The molecule has 0 fully saturated rings. The standard InChI is InChI=1S/C9H15N3O5S2/c1-6(3-4-18(2)15)12-19(16,17)8-7(9(13)14)5-10-11-8/h5-6,12H,3-4H2,1-2H3,(H,10,11)(H,13,14). The van der Waals surface area contributed by atoms with Gasteiger partial charge in [0.25, 0.3) is 10.0 Å². The van der Waals surface area contributed by atoms with Gasteiger partial charge in [-0.05, 0) is 13.3 Å². The monoisotopic (exact) mass is 309 g/mol.